The average molecular weight is 231 g/mol. The standard InChI is InChI=1S/C11H16ClFN2/c1-15(2)8(7-14)6-9-10(12)4-3-5-11(9)13/h3-5,8H,6-7,14H2,1-2H3. The Morgan fingerprint density at radius 2 is 2.13 bits per heavy atom. The van der Waals surface area contributed by atoms with Crippen molar-refractivity contribution in [1.82, 2.24) is 4.90 Å². The lowest BCUT2D eigenvalue weighted by Crippen LogP contribution is -2.37. The minimum Gasteiger partial charge on any atom is -0.329 e. The first-order valence-corrected chi connectivity index (χ1v) is 5.23. The second-order valence-corrected chi connectivity index (χ2v) is 4.16. The maximum Gasteiger partial charge on any atom is 0.127 e. The van der Waals surface area contributed by atoms with Crippen LogP contribution in [0.25, 0.3) is 0 Å². The van der Waals surface area contributed by atoms with Gasteiger partial charge in [0.05, 0.1) is 0 Å². The third kappa shape index (κ3) is 3.16. The summed E-state index contributed by atoms with van der Waals surface area (Å²) in [6.07, 6.45) is 0.537. The van der Waals surface area contributed by atoms with Crippen molar-refractivity contribution in [1.29, 1.82) is 0 Å². The normalized spacial score (nSPS) is 13.2. The van der Waals surface area contributed by atoms with E-state index in [1.165, 1.54) is 6.07 Å². The number of hydrogen-bond acceptors (Lipinski definition) is 2. The summed E-state index contributed by atoms with van der Waals surface area (Å²) in [5.74, 6) is -0.261. The van der Waals surface area contributed by atoms with Gasteiger partial charge >= 0.3 is 0 Å². The number of nitrogens with two attached hydrogens (primary N) is 1. The van der Waals surface area contributed by atoms with Crippen LogP contribution in [-0.4, -0.2) is 31.6 Å². The fourth-order valence-corrected chi connectivity index (χ4v) is 1.68. The molecule has 4 heteroatoms. The highest BCUT2D eigenvalue weighted by Crippen LogP contribution is 2.21. The van der Waals surface area contributed by atoms with E-state index >= 15 is 0 Å². The first-order valence-electron chi connectivity index (χ1n) is 4.85. The molecule has 0 saturated heterocycles. The van der Waals surface area contributed by atoms with Gasteiger partial charge in [-0.15, -0.1) is 0 Å². The molecule has 0 radical (unpaired) electrons. The van der Waals surface area contributed by atoms with Crippen molar-refractivity contribution < 1.29 is 4.39 Å². The topological polar surface area (TPSA) is 29.3 Å². The molecule has 1 atom stereocenters. The SMILES string of the molecule is CN(C)C(CN)Cc1c(F)cccc1Cl. The Balaban J connectivity index is 2.87. The van der Waals surface area contributed by atoms with Gasteiger partial charge in [0, 0.05) is 23.2 Å². The van der Waals surface area contributed by atoms with E-state index in [0.29, 0.717) is 23.6 Å². The zero-order valence-corrected chi connectivity index (χ0v) is 9.76. The van der Waals surface area contributed by atoms with Gasteiger partial charge < -0.3 is 10.6 Å². The minimum absolute atomic E-state index is 0.111. The molecule has 0 aliphatic carbocycles. The van der Waals surface area contributed by atoms with Gasteiger partial charge in [-0.2, -0.15) is 0 Å². The summed E-state index contributed by atoms with van der Waals surface area (Å²) >= 11 is 5.94. The van der Waals surface area contributed by atoms with Crippen molar-refractivity contribution in [2.24, 2.45) is 5.73 Å². The van der Waals surface area contributed by atoms with Gasteiger partial charge in [-0.3, -0.25) is 0 Å². The molecular formula is C11H16ClFN2. The Bertz CT molecular complexity index is 308. The first kappa shape index (κ1) is 12.4. The van der Waals surface area contributed by atoms with Gasteiger partial charge in [0.15, 0.2) is 0 Å². The van der Waals surface area contributed by atoms with E-state index < -0.39 is 0 Å². The molecule has 0 aromatic heterocycles. The first-order chi connectivity index (χ1) is 7.06. The van der Waals surface area contributed by atoms with E-state index in [2.05, 4.69) is 0 Å². The highest BCUT2D eigenvalue weighted by Gasteiger charge is 2.15. The van der Waals surface area contributed by atoms with E-state index in [1.807, 2.05) is 19.0 Å². The largest absolute Gasteiger partial charge is 0.329 e. The Morgan fingerprint density at radius 1 is 1.47 bits per heavy atom. The average Bonchev–Trinajstić information content (AvgIpc) is 2.17. The third-order valence-corrected chi connectivity index (χ3v) is 2.86. The molecule has 0 aliphatic heterocycles. The predicted octanol–water partition coefficient (Wildman–Crippen LogP) is 1.91. The summed E-state index contributed by atoms with van der Waals surface area (Å²) in [6, 6.07) is 4.83. The van der Waals surface area contributed by atoms with Gasteiger partial charge in [-0.05, 0) is 32.6 Å². The zero-order valence-electron chi connectivity index (χ0n) is 9.00. The van der Waals surface area contributed by atoms with E-state index in [9.17, 15) is 4.39 Å². The molecule has 0 spiro atoms. The van der Waals surface area contributed by atoms with E-state index in [0.717, 1.165) is 0 Å². The fraction of sp³-hybridized carbons (Fsp3) is 0.455. The maximum atomic E-state index is 13.5. The predicted molar refractivity (Wildman–Crippen MR) is 61.6 cm³/mol. The van der Waals surface area contributed by atoms with Crippen LogP contribution in [0.15, 0.2) is 18.2 Å². The van der Waals surface area contributed by atoms with Gasteiger partial charge in [-0.1, -0.05) is 17.7 Å². The van der Waals surface area contributed by atoms with Gasteiger partial charge in [0.2, 0.25) is 0 Å². The molecule has 0 amide bonds. The number of hydrogen-bond donors (Lipinski definition) is 1. The molecule has 0 fully saturated rings. The Kier molecular flexibility index (Phi) is 4.51. The molecule has 1 aromatic rings. The van der Waals surface area contributed by atoms with E-state index in [4.69, 9.17) is 17.3 Å². The van der Waals surface area contributed by atoms with Crippen molar-refractivity contribution in [2.45, 2.75) is 12.5 Å². The molecule has 2 nitrogen and oxygen atoms in total. The van der Waals surface area contributed by atoms with Crippen LogP contribution in [0.5, 0.6) is 0 Å². The molecule has 0 saturated carbocycles. The lowest BCUT2D eigenvalue weighted by Gasteiger charge is -2.23. The second kappa shape index (κ2) is 5.45. The van der Waals surface area contributed by atoms with Crippen LogP contribution in [0.3, 0.4) is 0 Å². The minimum atomic E-state index is -0.261. The monoisotopic (exact) mass is 230 g/mol. The summed E-state index contributed by atoms with van der Waals surface area (Å²) in [5.41, 5.74) is 6.16. The van der Waals surface area contributed by atoms with Crippen molar-refractivity contribution in [3.05, 3.63) is 34.6 Å². The number of benzene rings is 1. The number of nitrogens with zero attached hydrogens (tertiary/aromatic N) is 1. The highest BCUT2D eigenvalue weighted by molar-refractivity contribution is 6.31. The summed E-state index contributed by atoms with van der Waals surface area (Å²) in [5, 5.41) is 0.468. The van der Waals surface area contributed by atoms with Crippen LogP contribution >= 0.6 is 11.6 Å². The van der Waals surface area contributed by atoms with Crippen molar-refractivity contribution in [3.8, 4) is 0 Å². The number of rotatable bonds is 4. The Labute approximate surface area is 94.8 Å². The molecule has 84 valence electrons. The molecule has 1 rings (SSSR count). The lowest BCUT2D eigenvalue weighted by molar-refractivity contribution is 0.295. The second-order valence-electron chi connectivity index (χ2n) is 3.76. The van der Waals surface area contributed by atoms with Crippen molar-refractivity contribution in [3.63, 3.8) is 0 Å². The molecule has 2 N–H and O–H groups in total. The molecule has 1 aromatic carbocycles. The third-order valence-electron chi connectivity index (χ3n) is 2.50. The Morgan fingerprint density at radius 3 is 2.60 bits per heavy atom. The van der Waals surface area contributed by atoms with E-state index in [-0.39, 0.29) is 11.9 Å². The number of likely N-dealkylation sites (N-methyl/N-ethyl adjacent to an activating group) is 1. The molecular weight excluding hydrogens is 215 g/mol. The van der Waals surface area contributed by atoms with E-state index in [1.54, 1.807) is 12.1 Å². The smallest absolute Gasteiger partial charge is 0.127 e. The van der Waals surface area contributed by atoms with Crippen molar-refractivity contribution in [2.75, 3.05) is 20.6 Å². The van der Waals surface area contributed by atoms with Crippen LogP contribution in [0.2, 0.25) is 5.02 Å². The molecule has 0 bridgehead atoms. The number of halogens is 2. The Hall–Kier alpha value is -0.640. The zero-order chi connectivity index (χ0) is 11.4. The van der Waals surface area contributed by atoms with Crippen molar-refractivity contribution >= 4 is 11.6 Å². The van der Waals surface area contributed by atoms with Gasteiger partial charge in [-0.25, -0.2) is 4.39 Å². The highest BCUT2D eigenvalue weighted by atomic mass is 35.5. The molecule has 15 heavy (non-hydrogen) atoms. The van der Waals surface area contributed by atoms with Crippen LogP contribution in [-0.2, 0) is 6.42 Å². The van der Waals surface area contributed by atoms with Crippen LogP contribution in [0, 0.1) is 5.82 Å². The quantitative estimate of drug-likeness (QED) is 0.856. The lowest BCUT2D eigenvalue weighted by atomic mass is 10.0. The van der Waals surface area contributed by atoms with Crippen LogP contribution in [0.4, 0.5) is 4.39 Å². The molecule has 0 aliphatic rings. The summed E-state index contributed by atoms with van der Waals surface area (Å²) < 4.78 is 13.5. The van der Waals surface area contributed by atoms with Crippen LogP contribution in [0.1, 0.15) is 5.56 Å². The van der Waals surface area contributed by atoms with Gasteiger partial charge in [0.1, 0.15) is 5.82 Å². The summed E-state index contributed by atoms with van der Waals surface area (Å²) in [4.78, 5) is 1.97. The van der Waals surface area contributed by atoms with Crippen LogP contribution < -0.4 is 5.73 Å². The molecule has 1 unspecified atom stereocenters. The van der Waals surface area contributed by atoms with Gasteiger partial charge in [0.25, 0.3) is 0 Å². The fourth-order valence-electron chi connectivity index (χ4n) is 1.44. The molecule has 0 heterocycles. The summed E-state index contributed by atoms with van der Waals surface area (Å²) in [6.45, 7) is 0.484. The maximum absolute atomic E-state index is 13.5. The summed E-state index contributed by atoms with van der Waals surface area (Å²) in [7, 11) is 3.85.